The first-order valence-corrected chi connectivity index (χ1v) is 18.6. The van der Waals surface area contributed by atoms with Crippen LogP contribution in [0.3, 0.4) is 0 Å². The molecule has 0 spiro atoms. The van der Waals surface area contributed by atoms with Gasteiger partial charge in [-0.05, 0) is 59.5 Å². The van der Waals surface area contributed by atoms with Crippen LogP contribution in [0, 0.1) is 0 Å². The lowest BCUT2D eigenvalue weighted by atomic mass is 9.81. The first-order valence-electron chi connectivity index (χ1n) is 18.1. The molecule has 7 rings (SSSR count). The van der Waals surface area contributed by atoms with Gasteiger partial charge < -0.3 is 33.7 Å². The first kappa shape index (κ1) is 38.3. The highest BCUT2D eigenvalue weighted by atomic mass is 35.5. The summed E-state index contributed by atoms with van der Waals surface area (Å²) in [6.45, 7) is 1.94. The number of carbonyl (C=O) groups is 1. The summed E-state index contributed by atoms with van der Waals surface area (Å²) in [5, 5.41) is 19.2. The molecule has 1 aliphatic carbocycles. The molecule has 0 radical (unpaired) electrons. The Labute approximate surface area is 323 Å². The molecular weight excluding hydrogens is 728 g/mol. The second-order valence-electron chi connectivity index (χ2n) is 12.7. The van der Waals surface area contributed by atoms with Gasteiger partial charge in [0.1, 0.15) is 31.3 Å². The van der Waals surface area contributed by atoms with E-state index in [2.05, 4.69) is 17.0 Å². The second kappa shape index (κ2) is 18.1. The zero-order valence-corrected chi connectivity index (χ0v) is 30.8. The van der Waals surface area contributed by atoms with Crippen LogP contribution in [0.5, 0.6) is 17.2 Å². The van der Waals surface area contributed by atoms with E-state index in [1.807, 2.05) is 78.9 Å². The number of halogens is 1. The molecule has 5 aromatic rings. The molecule has 1 aliphatic heterocycles. The van der Waals surface area contributed by atoms with Gasteiger partial charge in [-0.1, -0.05) is 66.7 Å². The third-order valence-electron chi connectivity index (χ3n) is 9.36. The standard InChI is InChI=1S/C43H41ClO11/c44-19-4-21-51-42(46)40-37-17-18-43(30-11-15-32(16-12-30)55-53-28-27-52-47,29-9-13-31(14-10-29)50-26-25-49-24-23-48-22-20-45)54-41(37)36-8-3-7-34-33-5-1-2-6-35(33)39(40)38(34)36/h1-3,5-18,45,47H,4,19-28H2. The zero-order valence-electron chi connectivity index (χ0n) is 30.0. The molecule has 1 unspecified atom stereocenters. The number of aliphatic hydroxyl groups excluding tert-OH is 1. The van der Waals surface area contributed by atoms with Gasteiger partial charge >= 0.3 is 5.97 Å². The molecule has 5 aromatic carbocycles. The van der Waals surface area contributed by atoms with Crippen molar-refractivity contribution in [2.45, 2.75) is 12.0 Å². The van der Waals surface area contributed by atoms with Crippen LogP contribution in [0.25, 0.3) is 39.1 Å². The first-order chi connectivity index (χ1) is 27.1. The third-order valence-corrected chi connectivity index (χ3v) is 9.62. The molecule has 0 amide bonds. The number of ether oxygens (including phenoxy) is 5. The minimum atomic E-state index is -1.15. The van der Waals surface area contributed by atoms with Gasteiger partial charge in [-0.2, -0.15) is 4.89 Å². The predicted octanol–water partition coefficient (Wildman–Crippen LogP) is 7.83. The third kappa shape index (κ3) is 8.05. The summed E-state index contributed by atoms with van der Waals surface area (Å²) in [6.07, 6.45) is 4.44. The van der Waals surface area contributed by atoms with E-state index in [1.165, 1.54) is 0 Å². The van der Waals surface area contributed by atoms with E-state index in [0.717, 1.165) is 44.2 Å². The maximum atomic E-state index is 14.1. The average Bonchev–Trinajstić information content (AvgIpc) is 3.56. The van der Waals surface area contributed by atoms with E-state index in [-0.39, 0.29) is 33.0 Å². The summed E-state index contributed by atoms with van der Waals surface area (Å²) in [4.78, 5) is 28.7. The average molecular weight is 769 g/mol. The summed E-state index contributed by atoms with van der Waals surface area (Å²) in [6, 6.07) is 29.2. The Morgan fingerprint density at radius 2 is 1.42 bits per heavy atom. The molecule has 1 atom stereocenters. The molecule has 2 aliphatic rings. The van der Waals surface area contributed by atoms with Crippen LogP contribution in [-0.2, 0) is 29.6 Å². The molecule has 0 fully saturated rings. The molecule has 0 saturated heterocycles. The fourth-order valence-corrected chi connectivity index (χ4v) is 7.06. The van der Waals surface area contributed by atoms with Crippen LogP contribution in [0.15, 0.2) is 97.1 Å². The van der Waals surface area contributed by atoms with Gasteiger partial charge in [0.2, 0.25) is 0 Å². The summed E-state index contributed by atoms with van der Waals surface area (Å²) >= 11 is 5.94. The molecule has 0 saturated carbocycles. The summed E-state index contributed by atoms with van der Waals surface area (Å²) in [5.74, 6) is 1.57. The van der Waals surface area contributed by atoms with E-state index >= 15 is 0 Å². The Balaban J connectivity index is 1.27. The Morgan fingerprint density at radius 1 is 0.727 bits per heavy atom. The van der Waals surface area contributed by atoms with Crippen molar-refractivity contribution in [3.05, 3.63) is 119 Å². The summed E-state index contributed by atoms with van der Waals surface area (Å²) < 4.78 is 29.9. The fourth-order valence-electron chi connectivity index (χ4n) is 6.95. The van der Waals surface area contributed by atoms with Crippen LogP contribution < -0.4 is 14.4 Å². The van der Waals surface area contributed by atoms with Crippen LogP contribution >= 0.6 is 11.6 Å². The number of fused-ring (bicyclic) bond motifs is 5. The van der Waals surface area contributed by atoms with Crippen molar-refractivity contribution in [2.75, 3.05) is 65.3 Å². The number of alkyl halides is 1. The van der Waals surface area contributed by atoms with E-state index in [9.17, 15) is 4.79 Å². The summed E-state index contributed by atoms with van der Waals surface area (Å²) in [5.41, 5.74) is 5.35. The Hall–Kier alpha value is -4.98. The topological polar surface area (TPSA) is 131 Å². The molecular formula is C43H41ClO11. The van der Waals surface area contributed by atoms with Crippen molar-refractivity contribution in [2.24, 2.45) is 0 Å². The van der Waals surface area contributed by atoms with Gasteiger partial charge in [-0.3, -0.25) is 5.26 Å². The highest BCUT2D eigenvalue weighted by Gasteiger charge is 2.41. The largest absolute Gasteiger partial charge is 0.491 e. The SMILES string of the molecule is O=C(OCCCCl)c1c2c(c3cccc4c3c1-c1ccccc1-4)OC(c1ccc(OCCOCCOCCO)cc1)(c1ccc(OOCCOO)cc1)C=C2. The maximum Gasteiger partial charge on any atom is 0.339 e. The van der Waals surface area contributed by atoms with Crippen LogP contribution in [-0.4, -0.2) is 81.7 Å². The van der Waals surface area contributed by atoms with Crippen molar-refractivity contribution in [3.8, 4) is 39.5 Å². The molecule has 286 valence electrons. The Kier molecular flexibility index (Phi) is 12.6. The van der Waals surface area contributed by atoms with E-state index < -0.39 is 11.6 Å². The van der Waals surface area contributed by atoms with Crippen molar-refractivity contribution in [1.29, 1.82) is 0 Å². The molecule has 0 aromatic heterocycles. The van der Waals surface area contributed by atoms with E-state index in [4.69, 9.17) is 55.4 Å². The van der Waals surface area contributed by atoms with Crippen LogP contribution in [0.4, 0.5) is 0 Å². The van der Waals surface area contributed by atoms with E-state index in [1.54, 1.807) is 12.1 Å². The van der Waals surface area contributed by atoms with Crippen molar-refractivity contribution in [1.82, 2.24) is 0 Å². The second-order valence-corrected chi connectivity index (χ2v) is 13.1. The smallest absolute Gasteiger partial charge is 0.339 e. The highest BCUT2D eigenvalue weighted by Crippen LogP contribution is 2.55. The predicted molar refractivity (Wildman–Crippen MR) is 207 cm³/mol. The van der Waals surface area contributed by atoms with Crippen LogP contribution in [0.1, 0.15) is 33.5 Å². The van der Waals surface area contributed by atoms with Gasteiger partial charge in [0, 0.05) is 38.9 Å². The minimum Gasteiger partial charge on any atom is -0.491 e. The highest BCUT2D eigenvalue weighted by molar-refractivity contribution is 6.23. The molecule has 1 heterocycles. The van der Waals surface area contributed by atoms with Crippen LogP contribution in [0.2, 0.25) is 0 Å². The lowest BCUT2D eigenvalue weighted by molar-refractivity contribution is -0.281. The van der Waals surface area contributed by atoms with Gasteiger partial charge in [0.05, 0.1) is 45.2 Å². The Morgan fingerprint density at radius 3 is 2.15 bits per heavy atom. The normalized spacial score (nSPS) is 15.0. The molecule has 2 N–H and O–H groups in total. The maximum absolute atomic E-state index is 14.1. The quantitative estimate of drug-likeness (QED) is 0.0259. The zero-order chi connectivity index (χ0) is 38.0. The lowest BCUT2D eigenvalue weighted by Crippen LogP contribution is -2.34. The minimum absolute atomic E-state index is 0.0247. The number of aliphatic hydroxyl groups is 1. The Bertz CT molecular complexity index is 2120. The number of hydrogen-bond donors (Lipinski definition) is 2. The number of rotatable bonds is 20. The van der Waals surface area contributed by atoms with Gasteiger partial charge in [0.25, 0.3) is 0 Å². The van der Waals surface area contributed by atoms with Crippen molar-refractivity contribution in [3.63, 3.8) is 0 Å². The number of esters is 1. The molecule has 12 heteroatoms. The fraction of sp³-hybridized carbons (Fsp3) is 0.279. The number of hydrogen-bond acceptors (Lipinski definition) is 11. The van der Waals surface area contributed by atoms with Gasteiger partial charge in [-0.15, -0.1) is 11.6 Å². The number of carbonyl (C=O) groups excluding carboxylic acids is 1. The lowest BCUT2D eigenvalue weighted by Gasteiger charge is -2.37. The van der Waals surface area contributed by atoms with Crippen molar-refractivity contribution < 1.29 is 53.5 Å². The van der Waals surface area contributed by atoms with Gasteiger partial charge in [0.15, 0.2) is 11.4 Å². The van der Waals surface area contributed by atoms with E-state index in [0.29, 0.717) is 67.1 Å². The number of benzene rings is 5. The summed E-state index contributed by atoms with van der Waals surface area (Å²) in [7, 11) is 0. The molecule has 11 nitrogen and oxygen atoms in total. The van der Waals surface area contributed by atoms with Crippen molar-refractivity contribution >= 4 is 34.4 Å². The monoisotopic (exact) mass is 768 g/mol. The molecule has 55 heavy (non-hydrogen) atoms. The molecule has 0 bridgehead atoms. The van der Waals surface area contributed by atoms with Gasteiger partial charge in [-0.25, -0.2) is 9.68 Å².